The summed E-state index contributed by atoms with van der Waals surface area (Å²) in [4.78, 5) is 37.0. The van der Waals surface area contributed by atoms with Crippen LogP contribution in [0.2, 0.25) is 0 Å². The Morgan fingerprint density at radius 3 is 2.71 bits per heavy atom. The van der Waals surface area contributed by atoms with Crippen molar-refractivity contribution in [2.45, 2.75) is 18.9 Å². The van der Waals surface area contributed by atoms with Crippen molar-refractivity contribution in [3.05, 3.63) is 83.4 Å². The van der Waals surface area contributed by atoms with Gasteiger partial charge in [-0.3, -0.25) is 9.36 Å². The van der Waals surface area contributed by atoms with Crippen LogP contribution < -0.4 is 10.5 Å². The predicted molar refractivity (Wildman–Crippen MR) is 118 cm³/mol. The lowest BCUT2D eigenvalue weighted by Gasteiger charge is -2.27. The zero-order valence-corrected chi connectivity index (χ0v) is 16.6. The molecule has 1 aliphatic rings. The number of hydrogen-bond donors (Lipinski definition) is 1. The van der Waals surface area contributed by atoms with E-state index >= 15 is 0 Å². The first kappa shape index (κ1) is 17.8. The highest BCUT2D eigenvalue weighted by Gasteiger charge is 2.33. The summed E-state index contributed by atoms with van der Waals surface area (Å²) in [7, 11) is 0. The first-order valence-corrected chi connectivity index (χ1v) is 10.3. The van der Waals surface area contributed by atoms with Crippen LogP contribution in [0.1, 0.15) is 24.7 Å². The van der Waals surface area contributed by atoms with Crippen LogP contribution in [0, 0.1) is 0 Å². The number of anilines is 1. The molecule has 0 amide bonds. The average molecular weight is 409 g/mol. The minimum atomic E-state index is -0.0982. The van der Waals surface area contributed by atoms with Gasteiger partial charge in [0.1, 0.15) is 17.7 Å². The number of para-hydroxylation sites is 2. The number of rotatable bonds is 3. The highest BCUT2D eigenvalue weighted by Crippen LogP contribution is 2.37. The first-order valence-electron chi connectivity index (χ1n) is 10.3. The van der Waals surface area contributed by atoms with Crippen molar-refractivity contribution >= 4 is 27.9 Å². The van der Waals surface area contributed by atoms with Gasteiger partial charge in [0.2, 0.25) is 0 Å². The number of aromatic amines is 1. The Bertz CT molecular complexity index is 1460. The molecule has 5 aromatic rings. The predicted octanol–water partition coefficient (Wildman–Crippen LogP) is 3.39. The molecule has 152 valence electrons. The Morgan fingerprint density at radius 2 is 1.81 bits per heavy atom. The van der Waals surface area contributed by atoms with E-state index < -0.39 is 0 Å². The summed E-state index contributed by atoms with van der Waals surface area (Å²) < 4.78 is 1.75. The van der Waals surface area contributed by atoms with Crippen LogP contribution in [0.3, 0.4) is 0 Å². The molecule has 2 aromatic carbocycles. The molecule has 1 atom stereocenters. The molecule has 8 nitrogen and oxygen atoms in total. The zero-order chi connectivity index (χ0) is 20.8. The molecule has 1 unspecified atom stereocenters. The van der Waals surface area contributed by atoms with Gasteiger partial charge in [0.05, 0.1) is 29.0 Å². The molecule has 3 aromatic heterocycles. The molecule has 1 aliphatic heterocycles. The van der Waals surface area contributed by atoms with Gasteiger partial charge in [-0.05, 0) is 37.1 Å². The van der Waals surface area contributed by atoms with Gasteiger partial charge in [-0.1, -0.05) is 30.3 Å². The van der Waals surface area contributed by atoms with E-state index in [0.717, 1.165) is 42.2 Å². The largest absolute Gasteiger partial charge is 0.345 e. The second kappa shape index (κ2) is 7.02. The van der Waals surface area contributed by atoms with Gasteiger partial charge in [-0.2, -0.15) is 0 Å². The zero-order valence-electron chi connectivity index (χ0n) is 16.6. The molecule has 8 heteroatoms. The van der Waals surface area contributed by atoms with E-state index in [1.165, 1.54) is 6.33 Å². The number of nitrogens with one attached hydrogen (secondary N) is 1. The molecule has 0 radical (unpaired) electrons. The lowest BCUT2D eigenvalue weighted by molar-refractivity contribution is 0.634. The summed E-state index contributed by atoms with van der Waals surface area (Å²) in [5, 5.41) is 0.609. The van der Waals surface area contributed by atoms with E-state index in [2.05, 4.69) is 24.8 Å². The van der Waals surface area contributed by atoms with Crippen molar-refractivity contribution in [1.82, 2.24) is 29.5 Å². The van der Waals surface area contributed by atoms with Crippen LogP contribution in [0.4, 0.5) is 5.82 Å². The molecule has 0 saturated carbocycles. The summed E-state index contributed by atoms with van der Waals surface area (Å²) >= 11 is 0. The van der Waals surface area contributed by atoms with Gasteiger partial charge in [0, 0.05) is 6.54 Å². The van der Waals surface area contributed by atoms with Gasteiger partial charge >= 0.3 is 0 Å². The van der Waals surface area contributed by atoms with E-state index in [-0.39, 0.29) is 11.6 Å². The van der Waals surface area contributed by atoms with Gasteiger partial charge in [-0.15, -0.1) is 0 Å². The smallest absolute Gasteiger partial charge is 0.266 e. The molecular weight excluding hydrogens is 390 g/mol. The van der Waals surface area contributed by atoms with E-state index in [1.54, 1.807) is 10.9 Å². The fraction of sp³-hybridized carbons (Fsp3) is 0.174. The third kappa shape index (κ3) is 2.79. The van der Waals surface area contributed by atoms with Crippen molar-refractivity contribution in [1.29, 1.82) is 0 Å². The number of imidazole rings is 1. The number of aromatic nitrogens is 6. The first-order chi connectivity index (χ1) is 15.3. The van der Waals surface area contributed by atoms with E-state index in [0.29, 0.717) is 16.6 Å². The molecule has 1 fully saturated rings. The maximum absolute atomic E-state index is 13.6. The Morgan fingerprint density at radius 1 is 0.968 bits per heavy atom. The normalized spacial score (nSPS) is 16.4. The van der Waals surface area contributed by atoms with Crippen LogP contribution in [-0.4, -0.2) is 36.0 Å². The lowest BCUT2D eigenvalue weighted by Crippen LogP contribution is -2.32. The maximum atomic E-state index is 13.6. The molecule has 4 heterocycles. The van der Waals surface area contributed by atoms with Crippen molar-refractivity contribution in [3.8, 4) is 5.69 Å². The van der Waals surface area contributed by atoms with Crippen LogP contribution in [0.15, 0.2) is 72.0 Å². The minimum Gasteiger partial charge on any atom is -0.345 e. The second-order valence-corrected chi connectivity index (χ2v) is 7.61. The Balaban J connectivity index is 1.60. The molecule has 6 rings (SSSR count). The SMILES string of the molecule is O=c1c2ccccc2nc(C2CCCN2c2ncnc3nc[nH]c23)n1-c1ccccc1. The lowest BCUT2D eigenvalue weighted by atomic mass is 10.1. The Labute approximate surface area is 177 Å². The molecule has 0 spiro atoms. The van der Waals surface area contributed by atoms with Gasteiger partial charge in [0.15, 0.2) is 11.5 Å². The molecule has 0 aliphatic carbocycles. The van der Waals surface area contributed by atoms with Crippen molar-refractivity contribution in [2.24, 2.45) is 0 Å². The minimum absolute atomic E-state index is 0.0620. The summed E-state index contributed by atoms with van der Waals surface area (Å²) in [6.07, 6.45) is 5.01. The quantitative estimate of drug-likeness (QED) is 0.491. The number of hydrogen-bond acceptors (Lipinski definition) is 6. The Kier molecular flexibility index (Phi) is 4.02. The maximum Gasteiger partial charge on any atom is 0.266 e. The van der Waals surface area contributed by atoms with Crippen molar-refractivity contribution in [3.63, 3.8) is 0 Å². The summed E-state index contributed by atoms with van der Waals surface area (Å²) in [6, 6.07) is 17.1. The molecule has 1 N–H and O–H groups in total. The number of nitrogens with zero attached hydrogens (tertiary/aromatic N) is 6. The molecular formula is C23H19N7O. The topological polar surface area (TPSA) is 92.6 Å². The highest BCUT2D eigenvalue weighted by atomic mass is 16.1. The third-order valence-electron chi connectivity index (χ3n) is 5.84. The third-order valence-corrected chi connectivity index (χ3v) is 5.84. The fourth-order valence-corrected chi connectivity index (χ4v) is 4.46. The Hall–Kier alpha value is -4.07. The van der Waals surface area contributed by atoms with E-state index in [9.17, 15) is 4.79 Å². The van der Waals surface area contributed by atoms with Crippen molar-refractivity contribution < 1.29 is 0 Å². The molecule has 0 bridgehead atoms. The van der Waals surface area contributed by atoms with Crippen LogP contribution >= 0.6 is 0 Å². The van der Waals surface area contributed by atoms with Gasteiger partial charge < -0.3 is 9.88 Å². The van der Waals surface area contributed by atoms with Crippen molar-refractivity contribution in [2.75, 3.05) is 11.4 Å². The molecule has 1 saturated heterocycles. The van der Waals surface area contributed by atoms with Crippen LogP contribution in [0.5, 0.6) is 0 Å². The summed E-state index contributed by atoms with van der Waals surface area (Å²) in [5.74, 6) is 1.51. The van der Waals surface area contributed by atoms with Crippen LogP contribution in [-0.2, 0) is 0 Å². The van der Waals surface area contributed by atoms with Gasteiger partial charge in [0.25, 0.3) is 5.56 Å². The highest BCUT2D eigenvalue weighted by molar-refractivity contribution is 5.83. The van der Waals surface area contributed by atoms with Crippen LogP contribution in [0.25, 0.3) is 27.8 Å². The average Bonchev–Trinajstić information content (AvgIpc) is 3.49. The standard InChI is InChI=1S/C23H19N7O/c31-23-16-9-4-5-10-17(16)28-21(30(23)15-7-2-1-3-8-15)18-11-6-12-29(18)22-19-20(25-13-24-19)26-14-27-22/h1-5,7-10,13-14,18H,6,11-12H2,(H,24,25,26,27). The van der Waals surface area contributed by atoms with Gasteiger partial charge in [-0.25, -0.2) is 19.9 Å². The monoisotopic (exact) mass is 409 g/mol. The second-order valence-electron chi connectivity index (χ2n) is 7.61. The fourth-order valence-electron chi connectivity index (χ4n) is 4.46. The molecule has 31 heavy (non-hydrogen) atoms. The number of benzene rings is 2. The summed E-state index contributed by atoms with van der Waals surface area (Å²) in [5.41, 5.74) is 2.87. The number of fused-ring (bicyclic) bond motifs is 2. The summed E-state index contributed by atoms with van der Waals surface area (Å²) in [6.45, 7) is 0.813. The number of H-pyrrole nitrogens is 1. The van der Waals surface area contributed by atoms with E-state index in [4.69, 9.17) is 4.98 Å². The van der Waals surface area contributed by atoms with E-state index in [1.807, 2.05) is 54.6 Å².